The molecule has 3 aromatic heterocycles. The van der Waals surface area contributed by atoms with Crippen molar-refractivity contribution in [2.24, 2.45) is 7.05 Å². The fraction of sp³-hybridized carbons (Fsp3) is 0.467. The Morgan fingerprint density at radius 3 is 3.00 bits per heavy atom. The van der Waals surface area contributed by atoms with Crippen LogP contribution in [0.2, 0.25) is 0 Å². The molecule has 0 spiro atoms. The molecule has 120 valence electrons. The molecule has 3 aromatic rings. The predicted octanol–water partition coefficient (Wildman–Crippen LogP) is 1.87. The van der Waals surface area contributed by atoms with E-state index < -0.39 is 0 Å². The SMILES string of the molecule is CCn1cnc2c(N3CCSC[C@H]3c3cnn(C)c3)ncnc21. The average Bonchev–Trinajstić information content (AvgIpc) is 3.20. The van der Waals surface area contributed by atoms with Crippen LogP contribution in [-0.4, -0.2) is 47.3 Å². The van der Waals surface area contributed by atoms with Crippen molar-refractivity contribution in [1.29, 1.82) is 0 Å². The number of aromatic nitrogens is 6. The summed E-state index contributed by atoms with van der Waals surface area (Å²) in [6, 6.07) is 0.271. The van der Waals surface area contributed by atoms with Gasteiger partial charge in [0.2, 0.25) is 0 Å². The monoisotopic (exact) mass is 329 g/mol. The minimum atomic E-state index is 0.271. The molecule has 0 unspecified atom stereocenters. The molecule has 1 fully saturated rings. The molecule has 0 amide bonds. The normalized spacial score (nSPS) is 18.7. The number of rotatable bonds is 3. The zero-order chi connectivity index (χ0) is 15.8. The maximum absolute atomic E-state index is 4.57. The molecule has 0 saturated carbocycles. The lowest BCUT2D eigenvalue weighted by atomic mass is 10.1. The van der Waals surface area contributed by atoms with Crippen LogP contribution in [-0.2, 0) is 13.6 Å². The maximum Gasteiger partial charge on any atom is 0.165 e. The Morgan fingerprint density at radius 1 is 1.30 bits per heavy atom. The highest BCUT2D eigenvalue weighted by Crippen LogP contribution is 2.35. The molecule has 1 saturated heterocycles. The zero-order valence-corrected chi connectivity index (χ0v) is 14.1. The smallest absolute Gasteiger partial charge is 0.165 e. The van der Waals surface area contributed by atoms with Crippen molar-refractivity contribution in [3.8, 4) is 0 Å². The molecule has 4 rings (SSSR count). The Morgan fingerprint density at radius 2 is 2.22 bits per heavy atom. The topological polar surface area (TPSA) is 64.7 Å². The van der Waals surface area contributed by atoms with Gasteiger partial charge in [0.05, 0.1) is 18.6 Å². The van der Waals surface area contributed by atoms with Crippen molar-refractivity contribution in [3.05, 3.63) is 30.6 Å². The molecule has 4 heterocycles. The van der Waals surface area contributed by atoms with Gasteiger partial charge < -0.3 is 9.47 Å². The molecule has 0 N–H and O–H groups in total. The van der Waals surface area contributed by atoms with Gasteiger partial charge >= 0.3 is 0 Å². The second-order valence-electron chi connectivity index (χ2n) is 5.63. The number of aryl methyl sites for hydroxylation is 2. The van der Waals surface area contributed by atoms with E-state index in [0.717, 1.165) is 41.6 Å². The largest absolute Gasteiger partial charge is 0.346 e. The van der Waals surface area contributed by atoms with Crippen LogP contribution in [0.25, 0.3) is 11.2 Å². The Kier molecular flexibility index (Phi) is 3.68. The summed E-state index contributed by atoms with van der Waals surface area (Å²) in [4.78, 5) is 15.9. The Bertz CT molecular complexity index is 824. The third kappa shape index (κ3) is 2.46. The van der Waals surface area contributed by atoms with E-state index in [1.165, 1.54) is 5.56 Å². The van der Waals surface area contributed by atoms with Crippen molar-refractivity contribution >= 4 is 28.7 Å². The minimum absolute atomic E-state index is 0.271. The molecular weight excluding hydrogens is 310 g/mol. The second kappa shape index (κ2) is 5.84. The number of imidazole rings is 1. The summed E-state index contributed by atoms with van der Waals surface area (Å²) in [7, 11) is 1.95. The molecule has 0 aromatic carbocycles. The summed E-state index contributed by atoms with van der Waals surface area (Å²) in [5, 5.41) is 4.33. The molecule has 0 aliphatic carbocycles. The van der Waals surface area contributed by atoms with Gasteiger partial charge in [-0.2, -0.15) is 16.9 Å². The zero-order valence-electron chi connectivity index (χ0n) is 13.3. The summed E-state index contributed by atoms with van der Waals surface area (Å²) >= 11 is 1.97. The highest BCUT2D eigenvalue weighted by Gasteiger charge is 2.28. The first kappa shape index (κ1) is 14.5. The van der Waals surface area contributed by atoms with Crippen LogP contribution in [0.1, 0.15) is 18.5 Å². The van der Waals surface area contributed by atoms with E-state index in [1.54, 1.807) is 6.33 Å². The van der Waals surface area contributed by atoms with Crippen molar-refractivity contribution in [3.63, 3.8) is 0 Å². The number of fused-ring (bicyclic) bond motifs is 1. The van der Waals surface area contributed by atoms with Crippen molar-refractivity contribution < 1.29 is 0 Å². The molecule has 0 radical (unpaired) electrons. The van der Waals surface area contributed by atoms with Crippen LogP contribution in [0.4, 0.5) is 5.82 Å². The third-order valence-electron chi connectivity index (χ3n) is 4.23. The highest BCUT2D eigenvalue weighted by molar-refractivity contribution is 7.99. The predicted molar refractivity (Wildman–Crippen MR) is 91.6 cm³/mol. The van der Waals surface area contributed by atoms with Gasteiger partial charge in [-0.05, 0) is 6.92 Å². The average molecular weight is 329 g/mol. The molecule has 0 bridgehead atoms. The van der Waals surface area contributed by atoms with E-state index in [-0.39, 0.29) is 6.04 Å². The molecule has 1 aliphatic heterocycles. The van der Waals surface area contributed by atoms with Gasteiger partial charge in [0.25, 0.3) is 0 Å². The van der Waals surface area contributed by atoms with Gasteiger partial charge in [0.1, 0.15) is 6.33 Å². The van der Waals surface area contributed by atoms with Gasteiger partial charge in [-0.25, -0.2) is 15.0 Å². The molecule has 23 heavy (non-hydrogen) atoms. The standard InChI is InChI=1S/C15H19N7S/c1-3-21-10-18-13-14(21)16-9-17-15(13)22-4-5-23-8-12(22)11-6-19-20(2)7-11/h6-7,9-10,12H,3-5,8H2,1-2H3/t12-/m0/s1. The van der Waals surface area contributed by atoms with E-state index in [4.69, 9.17) is 0 Å². The quantitative estimate of drug-likeness (QED) is 0.731. The fourth-order valence-corrected chi connectivity index (χ4v) is 4.14. The van der Waals surface area contributed by atoms with E-state index in [9.17, 15) is 0 Å². The number of thioether (sulfide) groups is 1. The van der Waals surface area contributed by atoms with E-state index in [0.29, 0.717) is 0 Å². The molecule has 1 aliphatic rings. The van der Waals surface area contributed by atoms with Crippen molar-refractivity contribution in [2.45, 2.75) is 19.5 Å². The summed E-state index contributed by atoms with van der Waals surface area (Å²) in [5.74, 6) is 3.05. The second-order valence-corrected chi connectivity index (χ2v) is 6.78. The Hall–Kier alpha value is -2.09. The van der Waals surface area contributed by atoms with Crippen LogP contribution in [0, 0.1) is 0 Å². The number of hydrogen-bond acceptors (Lipinski definition) is 6. The number of anilines is 1. The molecule has 7 nitrogen and oxygen atoms in total. The lowest BCUT2D eigenvalue weighted by molar-refractivity contribution is 0.676. The summed E-state index contributed by atoms with van der Waals surface area (Å²) in [6.45, 7) is 3.91. The lowest BCUT2D eigenvalue weighted by Crippen LogP contribution is -2.36. The van der Waals surface area contributed by atoms with Crippen LogP contribution < -0.4 is 4.90 Å². The van der Waals surface area contributed by atoms with Crippen LogP contribution >= 0.6 is 11.8 Å². The fourth-order valence-electron chi connectivity index (χ4n) is 3.06. The first-order valence-electron chi connectivity index (χ1n) is 7.76. The van der Waals surface area contributed by atoms with Gasteiger partial charge in [-0.15, -0.1) is 0 Å². The number of nitrogens with zero attached hydrogens (tertiary/aromatic N) is 7. The first-order valence-corrected chi connectivity index (χ1v) is 8.92. The Labute approximate surface area is 138 Å². The van der Waals surface area contributed by atoms with E-state index >= 15 is 0 Å². The Balaban J connectivity index is 1.79. The van der Waals surface area contributed by atoms with Crippen LogP contribution in [0.15, 0.2) is 25.0 Å². The van der Waals surface area contributed by atoms with Gasteiger partial charge in [-0.3, -0.25) is 4.68 Å². The molecule has 1 atom stereocenters. The molecule has 8 heteroatoms. The van der Waals surface area contributed by atoms with E-state index in [1.807, 2.05) is 36.0 Å². The summed E-state index contributed by atoms with van der Waals surface area (Å²) in [5.41, 5.74) is 3.01. The van der Waals surface area contributed by atoms with Crippen LogP contribution in [0.3, 0.4) is 0 Å². The molecular formula is C15H19N7S. The third-order valence-corrected chi connectivity index (χ3v) is 5.26. The van der Waals surface area contributed by atoms with Crippen LogP contribution in [0.5, 0.6) is 0 Å². The lowest BCUT2D eigenvalue weighted by Gasteiger charge is -2.35. The summed E-state index contributed by atoms with van der Waals surface area (Å²) < 4.78 is 3.91. The number of hydrogen-bond donors (Lipinski definition) is 0. The van der Waals surface area contributed by atoms with Crippen molar-refractivity contribution in [1.82, 2.24) is 29.3 Å². The minimum Gasteiger partial charge on any atom is -0.346 e. The van der Waals surface area contributed by atoms with Gasteiger partial charge in [0, 0.05) is 43.4 Å². The summed E-state index contributed by atoms with van der Waals surface area (Å²) in [6.07, 6.45) is 7.54. The van der Waals surface area contributed by atoms with E-state index in [2.05, 4.69) is 42.6 Å². The maximum atomic E-state index is 4.57. The van der Waals surface area contributed by atoms with Gasteiger partial charge in [0.15, 0.2) is 17.0 Å². The first-order chi connectivity index (χ1) is 11.3. The highest BCUT2D eigenvalue weighted by atomic mass is 32.2. The van der Waals surface area contributed by atoms with Crippen molar-refractivity contribution in [2.75, 3.05) is 23.0 Å². The van der Waals surface area contributed by atoms with Gasteiger partial charge in [-0.1, -0.05) is 0 Å².